The maximum Gasteiger partial charge on any atom is 0.321 e. The van der Waals surface area contributed by atoms with Crippen LogP contribution < -0.4 is 15.8 Å². The van der Waals surface area contributed by atoms with Gasteiger partial charge in [0.25, 0.3) is 5.91 Å². The van der Waals surface area contributed by atoms with Crippen molar-refractivity contribution in [1.29, 1.82) is 0 Å². The van der Waals surface area contributed by atoms with Gasteiger partial charge in [0, 0.05) is 29.2 Å². The second-order valence-electron chi connectivity index (χ2n) is 7.93. The van der Waals surface area contributed by atoms with Gasteiger partial charge in [0.15, 0.2) is 23.2 Å². The fourth-order valence-electron chi connectivity index (χ4n) is 3.58. The van der Waals surface area contributed by atoms with Crippen molar-refractivity contribution < 1.29 is 18.3 Å². The number of aryl methyl sites for hydroxylation is 1. The molecule has 0 fully saturated rings. The van der Waals surface area contributed by atoms with Crippen molar-refractivity contribution in [2.75, 3.05) is 11.1 Å². The molecule has 0 unspecified atom stereocenters. The standard InChI is InChI=1S/C25H18F2N8O2/c1-13-10-29-25(30-11-13)37-19-8-5-16(9-18(19)27)20-21(34-35-22(20)23(28)31-12-32-35)15-3-6-17(7-4-15)33-24(36)14(2)26/h3-12H,2H2,1H3,(H,33,36)(H2,28,31,32). The molecule has 2 aromatic carbocycles. The summed E-state index contributed by atoms with van der Waals surface area (Å²) >= 11 is 0. The van der Waals surface area contributed by atoms with Gasteiger partial charge < -0.3 is 15.8 Å². The van der Waals surface area contributed by atoms with E-state index in [1.165, 1.54) is 23.1 Å². The summed E-state index contributed by atoms with van der Waals surface area (Å²) in [6.07, 6.45) is 4.38. The molecule has 37 heavy (non-hydrogen) atoms. The average molecular weight is 500 g/mol. The molecule has 3 aromatic heterocycles. The van der Waals surface area contributed by atoms with Crippen LogP contribution in [0.2, 0.25) is 0 Å². The number of ether oxygens (including phenoxy) is 1. The van der Waals surface area contributed by atoms with Gasteiger partial charge in [-0.05, 0) is 42.3 Å². The van der Waals surface area contributed by atoms with Gasteiger partial charge in [-0.1, -0.05) is 24.8 Å². The quantitative estimate of drug-likeness (QED) is 0.326. The number of carbonyl (C=O) groups excluding carboxylic acids is 1. The molecule has 3 heterocycles. The van der Waals surface area contributed by atoms with E-state index in [1.807, 2.05) is 6.92 Å². The average Bonchev–Trinajstić information content (AvgIpc) is 3.28. The number of hydrogen-bond acceptors (Lipinski definition) is 8. The predicted molar refractivity (Wildman–Crippen MR) is 132 cm³/mol. The second-order valence-corrected chi connectivity index (χ2v) is 7.93. The lowest BCUT2D eigenvalue weighted by Crippen LogP contribution is -2.10. The Morgan fingerprint density at radius 3 is 2.46 bits per heavy atom. The molecule has 0 aliphatic heterocycles. The zero-order valence-corrected chi connectivity index (χ0v) is 19.3. The first kappa shape index (κ1) is 23.5. The van der Waals surface area contributed by atoms with E-state index in [2.05, 4.69) is 37.0 Å². The van der Waals surface area contributed by atoms with Crippen LogP contribution in [0.15, 0.2) is 73.6 Å². The van der Waals surface area contributed by atoms with Gasteiger partial charge in [-0.2, -0.15) is 0 Å². The van der Waals surface area contributed by atoms with E-state index in [9.17, 15) is 9.18 Å². The van der Waals surface area contributed by atoms with Gasteiger partial charge in [0.2, 0.25) is 0 Å². The normalized spacial score (nSPS) is 10.9. The van der Waals surface area contributed by atoms with Crippen LogP contribution >= 0.6 is 0 Å². The molecule has 0 spiro atoms. The Bertz CT molecular complexity index is 1650. The molecular weight excluding hydrogens is 482 g/mol. The molecule has 0 aliphatic rings. The number of nitrogens with two attached hydrogens (primary N) is 1. The minimum absolute atomic E-state index is 0.00934. The summed E-state index contributed by atoms with van der Waals surface area (Å²) in [6, 6.07) is 10.8. The summed E-state index contributed by atoms with van der Waals surface area (Å²) in [5.41, 5.74) is 9.64. The highest BCUT2D eigenvalue weighted by atomic mass is 19.1. The van der Waals surface area contributed by atoms with E-state index in [-0.39, 0.29) is 17.6 Å². The topological polar surface area (TPSA) is 133 Å². The molecule has 0 saturated heterocycles. The van der Waals surface area contributed by atoms with Crippen molar-refractivity contribution in [3.63, 3.8) is 0 Å². The van der Waals surface area contributed by atoms with Crippen LogP contribution in [-0.2, 0) is 4.79 Å². The Labute approximate surface area is 208 Å². The minimum atomic E-state index is -1.11. The Morgan fingerprint density at radius 2 is 1.78 bits per heavy atom. The van der Waals surface area contributed by atoms with E-state index < -0.39 is 17.6 Å². The van der Waals surface area contributed by atoms with Gasteiger partial charge in [-0.15, -0.1) is 14.8 Å². The van der Waals surface area contributed by atoms with Gasteiger partial charge in [0.05, 0.1) is 0 Å². The zero-order valence-electron chi connectivity index (χ0n) is 19.3. The number of nitrogens with zero attached hydrogens (tertiary/aromatic N) is 6. The Morgan fingerprint density at radius 1 is 1.08 bits per heavy atom. The fraction of sp³-hybridized carbons (Fsp3) is 0.0400. The van der Waals surface area contributed by atoms with Crippen molar-refractivity contribution in [1.82, 2.24) is 29.8 Å². The van der Waals surface area contributed by atoms with Gasteiger partial charge in [0.1, 0.15) is 17.5 Å². The van der Waals surface area contributed by atoms with Crippen molar-refractivity contribution >= 4 is 22.9 Å². The SMILES string of the molecule is C=C(F)C(=O)Nc1ccc(-c2nn3ncnc(N)c3c2-c2ccc(Oc3ncc(C)cn3)c(F)c2)cc1. The minimum Gasteiger partial charge on any atom is -0.421 e. The number of rotatable bonds is 6. The Hall–Kier alpha value is -5.26. The van der Waals surface area contributed by atoms with Crippen LogP contribution in [0.3, 0.4) is 0 Å². The third-order valence-electron chi connectivity index (χ3n) is 5.31. The molecule has 0 saturated carbocycles. The lowest BCUT2D eigenvalue weighted by atomic mass is 9.99. The van der Waals surface area contributed by atoms with E-state index in [1.54, 1.807) is 42.7 Å². The van der Waals surface area contributed by atoms with Gasteiger partial charge in [-0.3, -0.25) is 4.79 Å². The van der Waals surface area contributed by atoms with Crippen LogP contribution in [-0.4, -0.2) is 35.7 Å². The summed E-state index contributed by atoms with van der Waals surface area (Å²) in [4.78, 5) is 23.7. The molecule has 5 rings (SSSR count). The predicted octanol–water partition coefficient (Wildman–Crippen LogP) is 4.49. The van der Waals surface area contributed by atoms with Crippen molar-refractivity contribution in [3.8, 4) is 34.1 Å². The number of hydrogen-bond donors (Lipinski definition) is 2. The molecule has 0 bridgehead atoms. The van der Waals surface area contributed by atoms with Crippen molar-refractivity contribution in [2.45, 2.75) is 6.92 Å². The lowest BCUT2D eigenvalue weighted by Gasteiger charge is -2.09. The summed E-state index contributed by atoms with van der Waals surface area (Å²) in [5.74, 6) is -2.64. The highest BCUT2D eigenvalue weighted by molar-refractivity contribution is 6.02. The highest BCUT2D eigenvalue weighted by Gasteiger charge is 2.21. The van der Waals surface area contributed by atoms with Crippen LogP contribution in [0.4, 0.5) is 20.3 Å². The first-order valence-electron chi connectivity index (χ1n) is 10.8. The van der Waals surface area contributed by atoms with E-state index in [4.69, 9.17) is 10.5 Å². The molecule has 0 atom stereocenters. The van der Waals surface area contributed by atoms with Crippen LogP contribution in [0.5, 0.6) is 11.8 Å². The van der Waals surface area contributed by atoms with Crippen LogP contribution in [0.1, 0.15) is 5.56 Å². The number of benzene rings is 2. The Balaban J connectivity index is 1.56. The number of halogens is 2. The molecular formula is C25H18F2N8O2. The third kappa shape index (κ3) is 4.67. The monoisotopic (exact) mass is 500 g/mol. The number of fused-ring (bicyclic) bond motifs is 1. The largest absolute Gasteiger partial charge is 0.421 e. The number of nitrogens with one attached hydrogen (secondary N) is 1. The number of anilines is 2. The molecule has 184 valence electrons. The summed E-state index contributed by atoms with van der Waals surface area (Å²) in [6.45, 7) is 4.80. The fourth-order valence-corrected chi connectivity index (χ4v) is 3.58. The Kier molecular flexibility index (Phi) is 5.97. The first-order chi connectivity index (χ1) is 17.8. The summed E-state index contributed by atoms with van der Waals surface area (Å²) < 4.78 is 35.0. The molecule has 0 radical (unpaired) electrons. The zero-order chi connectivity index (χ0) is 26.1. The molecule has 10 nitrogen and oxygen atoms in total. The third-order valence-corrected chi connectivity index (χ3v) is 5.31. The molecule has 0 aliphatic carbocycles. The first-order valence-corrected chi connectivity index (χ1v) is 10.8. The van der Waals surface area contributed by atoms with Crippen LogP contribution in [0.25, 0.3) is 27.9 Å². The van der Waals surface area contributed by atoms with E-state index in [0.717, 1.165) is 5.56 Å². The lowest BCUT2D eigenvalue weighted by molar-refractivity contribution is -0.114. The highest BCUT2D eigenvalue weighted by Crippen LogP contribution is 2.38. The van der Waals surface area contributed by atoms with Crippen molar-refractivity contribution in [3.05, 3.63) is 85.0 Å². The van der Waals surface area contributed by atoms with E-state index in [0.29, 0.717) is 33.6 Å². The summed E-state index contributed by atoms with van der Waals surface area (Å²) in [5, 5.41) is 11.0. The molecule has 5 aromatic rings. The molecule has 3 N–H and O–H groups in total. The maximum atomic E-state index is 15.1. The van der Waals surface area contributed by atoms with Gasteiger partial charge >= 0.3 is 6.01 Å². The van der Waals surface area contributed by atoms with E-state index >= 15 is 4.39 Å². The van der Waals surface area contributed by atoms with Crippen molar-refractivity contribution in [2.24, 2.45) is 0 Å². The van der Waals surface area contributed by atoms with Crippen LogP contribution in [0, 0.1) is 12.7 Å². The van der Waals surface area contributed by atoms with Gasteiger partial charge in [-0.25, -0.2) is 23.7 Å². The molecule has 1 amide bonds. The maximum absolute atomic E-state index is 15.1. The number of aromatic nitrogens is 6. The molecule has 12 heteroatoms. The smallest absolute Gasteiger partial charge is 0.321 e. The number of carbonyl (C=O) groups is 1. The number of amides is 1. The number of nitrogen functional groups attached to an aromatic ring is 1. The second kappa shape index (κ2) is 9.41. The summed E-state index contributed by atoms with van der Waals surface area (Å²) in [7, 11) is 0.